The van der Waals surface area contributed by atoms with Gasteiger partial charge in [-0.25, -0.2) is 0 Å². The van der Waals surface area contributed by atoms with Crippen molar-refractivity contribution in [3.8, 4) is 0 Å². The Morgan fingerprint density at radius 3 is 2.69 bits per heavy atom. The van der Waals surface area contributed by atoms with Gasteiger partial charge in [-0.15, -0.1) is 0 Å². The smallest absolute Gasteiger partial charge is 0.183 e. The Labute approximate surface area is 81.0 Å². The van der Waals surface area contributed by atoms with Crippen molar-refractivity contribution in [1.29, 1.82) is 0 Å². The molecule has 0 saturated heterocycles. The van der Waals surface area contributed by atoms with E-state index in [4.69, 9.17) is 4.74 Å². The minimum Gasteiger partial charge on any atom is -0.367 e. The van der Waals surface area contributed by atoms with Crippen molar-refractivity contribution >= 4 is 5.78 Å². The second-order valence-corrected chi connectivity index (χ2v) is 3.03. The highest BCUT2D eigenvalue weighted by atomic mass is 16.5. The third-order valence-corrected chi connectivity index (χ3v) is 1.63. The summed E-state index contributed by atoms with van der Waals surface area (Å²) in [5.74, 6) is -0.0339. The maximum absolute atomic E-state index is 11.0. The van der Waals surface area contributed by atoms with Crippen molar-refractivity contribution < 1.29 is 9.53 Å². The molecule has 2 radical (unpaired) electrons. The Morgan fingerprint density at radius 2 is 2.15 bits per heavy atom. The van der Waals surface area contributed by atoms with Gasteiger partial charge in [0, 0.05) is 0 Å². The minimum absolute atomic E-state index is 0.0339. The fraction of sp³-hybridized carbons (Fsp3) is 0.545. The lowest BCUT2D eigenvalue weighted by atomic mass is 10.2. The van der Waals surface area contributed by atoms with E-state index in [9.17, 15) is 4.79 Å². The standard InChI is InChI=1S/C11H18O2/c1-4-5-6-7-8-13-9-11(12)10(2)3/h8H,1-2,4-7,9H2,3H3. The third-order valence-electron chi connectivity index (χ3n) is 1.63. The Balaban J connectivity index is 3.16. The van der Waals surface area contributed by atoms with E-state index < -0.39 is 0 Å². The molecular weight excluding hydrogens is 164 g/mol. The highest BCUT2D eigenvalue weighted by Crippen LogP contribution is 2.02. The predicted octanol–water partition coefficient (Wildman–Crippen LogP) is 2.70. The van der Waals surface area contributed by atoms with Crippen LogP contribution >= 0.6 is 0 Å². The number of rotatable bonds is 8. The van der Waals surface area contributed by atoms with Crippen molar-refractivity contribution in [3.63, 3.8) is 0 Å². The molecule has 0 bridgehead atoms. The minimum atomic E-state index is -0.0339. The van der Waals surface area contributed by atoms with Gasteiger partial charge < -0.3 is 4.74 Å². The van der Waals surface area contributed by atoms with Crippen LogP contribution in [-0.4, -0.2) is 12.4 Å². The molecule has 0 aliphatic heterocycles. The molecule has 0 heterocycles. The zero-order valence-electron chi connectivity index (χ0n) is 8.34. The van der Waals surface area contributed by atoms with E-state index in [0.29, 0.717) is 5.57 Å². The van der Waals surface area contributed by atoms with Crippen molar-refractivity contribution in [2.24, 2.45) is 0 Å². The van der Waals surface area contributed by atoms with Gasteiger partial charge in [0.05, 0.1) is 6.61 Å². The lowest BCUT2D eigenvalue weighted by molar-refractivity contribution is -0.118. The first-order valence-electron chi connectivity index (χ1n) is 4.59. The lowest BCUT2D eigenvalue weighted by Gasteiger charge is -2.01. The molecule has 0 N–H and O–H groups in total. The van der Waals surface area contributed by atoms with Crippen LogP contribution in [0.25, 0.3) is 0 Å². The number of Topliss-reactive ketones (excluding diaryl/α,β-unsaturated/α-hetero) is 1. The van der Waals surface area contributed by atoms with E-state index in [1.165, 1.54) is 0 Å². The van der Waals surface area contributed by atoms with Crippen molar-refractivity contribution in [2.45, 2.75) is 32.6 Å². The molecule has 13 heavy (non-hydrogen) atoms. The van der Waals surface area contributed by atoms with Gasteiger partial charge in [-0.05, 0) is 18.9 Å². The molecule has 0 spiro atoms. The average molecular weight is 182 g/mol. The summed E-state index contributed by atoms with van der Waals surface area (Å²) in [7, 11) is 0. The number of carbonyl (C=O) groups excluding carboxylic acids is 1. The zero-order valence-corrected chi connectivity index (χ0v) is 8.34. The largest absolute Gasteiger partial charge is 0.367 e. The first-order chi connectivity index (χ1) is 6.18. The highest BCUT2D eigenvalue weighted by molar-refractivity contribution is 5.95. The highest BCUT2D eigenvalue weighted by Gasteiger charge is 2.01. The Morgan fingerprint density at radius 1 is 1.46 bits per heavy atom. The van der Waals surface area contributed by atoms with Crippen LogP contribution in [0.3, 0.4) is 0 Å². The Hall–Kier alpha value is -0.630. The van der Waals surface area contributed by atoms with Crippen molar-refractivity contribution in [2.75, 3.05) is 6.61 Å². The van der Waals surface area contributed by atoms with Gasteiger partial charge in [0.2, 0.25) is 0 Å². The Kier molecular flexibility index (Phi) is 7.60. The van der Waals surface area contributed by atoms with Crippen LogP contribution in [-0.2, 0) is 9.53 Å². The summed E-state index contributed by atoms with van der Waals surface area (Å²) >= 11 is 0. The predicted molar refractivity (Wildman–Crippen MR) is 53.9 cm³/mol. The molecule has 2 heteroatoms. The van der Waals surface area contributed by atoms with Gasteiger partial charge in [-0.2, -0.15) is 0 Å². The van der Waals surface area contributed by atoms with Crippen LogP contribution < -0.4 is 0 Å². The van der Waals surface area contributed by atoms with E-state index in [2.05, 4.69) is 13.5 Å². The fourth-order valence-electron chi connectivity index (χ4n) is 0.746. The summed E-state index contributed by atoms with van der Waals surface area (Å²) in [5.41, 5.74) is 0.547. The lowest BCUT2D eigenvalue weighted by Crippen LogP contribution is -2.07. The molecule has 0 aliphatic rings. The van der Waals surface area contributed by atoms with E-state index in [0.717, 1.165) is 25.7 Å². The van der Waals surface area contributed by atoms with E-state index in [1.54, 1.807) is 13.5 Å². The van der Waals surface area contributed by atoms with Crippen LogP contribution in [0.15, 0.2) is 12.2 Å². The Bertz CT molecular complexity index is 161. The summed E-state index contributed by atoms with van der Waals surface area (Å²) in [5, 5.41) is 0. The molecular formula is C11H18O2. The second-order valence-electron chi connectivity index (χ2n) is 3.03. The number of ether oxygens (including phenoxy) is 1. The van der Waals surface area contributed by atoms with Crippen LogP contribution in [0, 0.1) is 13.5 Å². The van der Waals surface area contributed by atoms with E-state index in [-0.39, 0.29) is 12.4 Å². The van der Waals surface area contributed by atoms with Gasteiger partial charge in [-0.1, -0.05) is 32.8 Å². The van der Waals surface area contributed by atoms with Gasteiger partial charge >= 0.3 is 0 Å². The molecule has 0 aliphatic carbocycles. The van der Waals surface area contributed by atoms with Crippen molar-refractivity contribution in [3.05, 3.63) is 25.7 Å². The molecule has 0 rings (SSSR count). The molecule has 0 unspecified atom stereocenters. The zero-order chi connectivity index (χ0) is 10.1. The average Bonchev–Trinajstić information content (AvgIpc) is 2.10. The molecule has 74 valence electrons. The van der Waals surface area contributed by atoms with Crippen LogP contribution in [0.1, 0.15) is 32.6 Å². The molecule has 0 saturated carbocycles. The van der Waals surface area contributed by atoms with E-state index >= 15 is 0 Å². The van der Waals surface area contributed by atoms with Crippen LogP contribution in [0.5, 0.6) is 0 Å². The van der Waals surface area contributed by atoms with Crippen molar-refractivity contribution in [1.82, 2.24) is 0 Å². The van der Waals surface area contributed by atoms with Crippen LogP contribution in [0.4, 0.5) is 0 Å². The normalized spacial score (nSPS) is 10.0. The molecule has 0 atom stereocenters. The number of hydrogen-bond donors (Lipinski definition) is 0. The quantitative estimate of drug-likeness (QED) is 0.426. The first kappa shape index (κ1) is 12.4. The summed E-state index contributed by atoms with van der Waals surface area (Å²) in [4.78, 5) is 11.0. The first-order valence-corrected chi connectivity index (χ1v) is 4.59. The maximum atomic E-state index is 11.0. The van der Waals surface area contributed by atoms with Gasteiger partial charge in [0.1, 0.15) is 6.61 Å². The van der Waals surface area contributed by atoms with Gasteiger partial charge in [0.25, 0.3) is 0 Å². The summed E-state index contributed by atoms with van der Waals surface area (Å²) in [6.07, 6.45) is 4.02. The molecule has 0 aromatic heterocycles. The molecule has 0 fully saturated rings. The number of ketones is 1. The monoisotopic (exact) mass is 182 g/mol. The molecule has 2 nitrogen and oxygen atoms in total. The van der Waals surface area contributed by atoms with Gasteiger partial charge in [0.15, 0.2) is 5.78 Å². The fourth-order valence-corrected chi connectivity index (χ4v) is 0.746. The molecule has 0 aromatic rings. The second kappa shape index (κ2) is 7.99. The summed E-state index contributed by atoms with van der Waals surface area (Å²) in [6, 6.07) is 0. The number of hydrogen-bond acceptors (Lipinski definition) is 2. The maximum Gasteiger partial charge on any atom is 0.183 e. The van der Waals surface area contributed by atoms with E-state index in [1.807, 2.05) is 0 Å². The molecule has 0 amide bonds. The summed E-state index contributed by atoms with van der Waals surface area (Å²) in [6.45, 7) is 10.8. The SMILES string of the molecule is [CH2]CCCC[CH]OCC(=O)C(=C)C. The van der Waals surface area contributed by atoms with Crippen LogP contribution in [0.2, 0.25) is 0 Å². The third kappa shape index (κ3) is 7.72. The molecule has 0 aromatic carbocycles. The topological polar surface area (TPSA) is 26.3 Å². The number of unbranched alkanes of at least 4 members (excludes halogenated alkanes) is 3. The van der Waals surface area contributed by atoms with Gasteiger partial charge in [-0.3, -0.25) is 4.79 Å². The number of carbonyl (C=O) groups is 1. The summed E-state index contributed by atoms with van der Waals surface area (Å²) < 4.78 is 5.05.